The second-order valence-corrected chi connectivity index (χ2v) is 18.3. The van der Waals surface area contributed by atoms with Crippen LogP contribution in [0.2, 0.25) is 0 Å². The zero-order valence-electron chi connectivity index (χ0n) is 39.5. The highest BCUT2D eigenvalue weighted by molar-refractivity contribution is 5.71. The lowest BCUT2D eigenvalue weighted by molar-refractivity contribution is -0.167. The fourth-order valence-electron chi connectivity index (χ4n) is 7.86. The van der Waals surface area contributed by atoms with Gasteiger partial charge in [-0.25, -0.2) is 0 Å². The molecule has 0 aromatic rings. The lowest BCUT2D eigenvalue weighted by Crippen LogP contribution is -2.30. The summed E-state index contributed by atoms with van der Waals surface area (Å²) in [6.07, 6.45) is 48.1. The van der Waals surface area contributed by atoms with E-state index in [2.05, 4.69) is 27.7 Å². The van der Waals surface area contributed by atoms with Crippen molar-refractivity contribution < 1.29 is 28.6 Å². The summed E-state index contributed by atoms with van der Waals surface area (Å²) in [5, 5.41) is 0. The van der Waals surface area contributed by atoms with Gasteiger partial charge >= 0.3 is 17.9 Å². The summed E-state index contributed by atoms with van der Waals surface area (Å²) < 4.78 is 16.8. The van der Waals surface area contributed by atoms with Crippen molar-refractivity contribution in [3.05, 3.63) is 0 Å². The Balaban J connectivity index is 4.23. The van der Waals surface area contributed by atoms with E-state index in [1.165, 1.54) is 186 Å². The van der Waals surface area contributed by atoms with Gasteiger partial charge in [0, 0.05) is 19.3 Å². The zero-order valence-corrected chi connectivity index (χ0v) is 39.5. The molecule has 0 N–H and O–H groups in total. The van der Waals surface area contributed by atoms with Crippen molar-refractivity contribution in [1.82, 2.24) is 0 Å². The van der Waals surface area contributed by atoms with Crippen LogP contribution in [0.3, 0.4) is 0 Å². The zero-order chi connectivity index (χ0) is 42.4. The van der Waals surface area contributed by atoms with E-state index in [0.29, 0.717) is 19.3 Å². The molecule has 0 aliphatic carbocycles. The highest BCUT2D eigenvalue weighted by Crippen LogP contribution is 2.17. The van der Waals surface area contributed by atoms with Gasteiger partial charge in [-0.3, -0.25) is 14.4 Å². The van der Waals surface area contributed by atoms with Crippen LogP contribution >= 0.6 is 0 Å². The van der Waals surface area contributed by atoms with Crippen LogP contribution in [0.5, 0.6) is 0 Å². The number of esters is 3. The maximum atomic E-state index is 12.7. The Labute approximate surface area is 361 Å². The normalized spacial score (nSPS) is 11.9. The summed E-state index contributed by atoms with van der Waals surface area (Å²) in [7, 11) is 0. The van der Waals surface area contributed by atoms with Crippen molar-refractivity contribution in [2.75, 3.05) is 13.2 Å². The van der Waals surface area contributed by atoms with Crippen LogP contribution in [0.15, 0.2) is 0 Å². The second-order valence-electron chi connectivity index (χ2n) is 18.3. The maximum Gasteiger partial charge on any atom is 0.306 e. The van der Waals surface area contributed by atoms with Crippen LogP contribution in [-0.4, -0.2) is 37.2 Å². The largest absolute Gasteiger partial charge is 0.462 e. The third kappa shape index (κ3) is 45.5. The molecule has 58 heavy (non-hydrogen) atoms. The van der Waals surface area contributed by atoms with Crippen LogP contribution in [-0.2, 0) is 28.6 Å². The van der Waals surface area contributed by atoms with Crippen molar-refractivity contribution in [3.8, 4) is 0 Å². The van der Waals surface area contributed by atoms with Gasteiger partial charge in [0.1, 0.15) is 13.2 Å². The first kappa shape index (κ1) is 56.4. The van der Waals surface area contributed by atoms with E-state index in [4.69, 9.17) is 14.2 Å². The summed E-state index contributed by atoms with van der Waals surface area (Å²) >= 11 is 0. The Hall–Kier alpha value is -1.59. The minimum Gasteiger partial charge on any atom is -0.462 e. The van der Waals surface area contributed by atoms with Gasteiger partial charge in [-0.05, 0) is 25.2 Å². The average molecular weight is 821 g/mol. The smallest absolute Gasteiger partial charge is 0.306 e. The number of hydrogen-bond donors (Lipinski definition) is 0. The van der Waals surface area contributed by atoms with Gasteiger partial charge in [-0.1, -0.05) is 252 Å². The molecule has 0 aliphatic rings. The number of ether oxygens (including phenoxy) is 3. The lowest BCUT2D eigenvalue weighted by Gasteiger charge is -2.18. The molecular formula is C52H100O6. The van der Waals surface area contributed by atoms with E-state index in [-0.39, 0.29) is 31.1 Å². The standard InChI is InChI=1S/C52H100O6/c1-5-7-9-11-13-15-16-17-18-19-20-21-24-28-31-35-39-43-50(53)56-46-49(58-52(55)45-41-37-33-26-14-12-10-8-6-2)47-57-51(54)44-40-36-32-29-25-22-23-27-30-34-38-42-48(3)4/h48-49H,5-47H2,1-4H3/t49-/m1/s1. The van der Waals surface area contributed by atoms with Crippen molar-refractivity contribution in [1.29, 1.82) is 0 Å². The van der Waals surface area contributed by atoms with Crippen LogP contribution in [0.1, 0.15) is 291 Å². The van der Waals surface area contributed by atoms with Crippen LogP contribution in [0.25, 0.3) is 0 Å². The van der Waals surface area contributed by atoms with Gasteiger partial charge in [0.2, 0.25) is 0 Å². The highest BCUT2D eigenvalue weighted by Gasteiger charge is 2.19. The molecule has 0 radical (unpaired) electrons. The molecule has 0 aromatic carbocycles. The second kappa shape index (κ2) is 46.5. The molecule has 0 aliphatic heterocycles. The SMILES string of the molecule is CCCCCCCCCCCCCCCCCCCC(=O)OC[C@H](COC(=O)CCCCCCCCCCCCCC(C)C)OC(=O)CCCCCCCCCCC. The maximum absolute atomic E-state index is 12.7. The number of carbonyl (C=O) groups is 3. The van der Waals surface area contributed by atoms with Crippen LogP contribution < -0.4 is 0 Å². The molecule has 0 saturated heterocycles. The predicted octanol–water partition coefficient (Wildman–Crippen LogP) is 16.7. The van der Waals surface area contributed by atoms with Crippen LogP contribution in [0.4, 0.5) is 0 Å². The summed E-state index contributed by atoms with van der Waals surface area (Å²) in [6.45, 7) is 9.01. The van der Waals surface area contributed by atoms with Crippen molar-refractivity contribution in [2.45, 2.75) is 297 Å². The number of unbranched alkanes of at least 4 members (excludes halogenated alkanes) is 34. The molecule has 0 heterocycles. The van der Waals surface area contributed by atoms with Gasteiger partial charge in [0.05, 0.1) is 0 Å². The van der Waals surface area contributed by atoms with E-state index in [9.17, 15) is 14.4 Å². The quantitative estimate of drug-likeness (QED) is 0.0346. The molecule has 0 bridgehead atoms. The van der Waals surface area contributed by atoms with E-state index < -0.39 is 6.10 Å². The first-order chi connectivity index (χ1) is 28.4. The molecule has 6 heteroatoms. The third-order valence-corrected chi connectivity index (χ3v) is 11.8. The van der Waals surface area contributed by atoms with Gasteiger partial charge in [-0.15, -0.1) is 0 Å². The number of hydrogen-bond acceptors (Lipinski definition) is 6. The van der Waals surface area contributed by atoms with Crippen molar-refractivity contribution in [2.24, 2.45) is 5.92 Å². The Morgan fingerprint density at radius 1 is 0.328 bits per heavy atom. The summed E-state index contributed by atoms with van der Waals surface area (Å²) in [5.74, 6) is -0.0207. The summed E-state index contributed by atoms with van der Waals surface area (Å²) in [6, 6.07) is 0. The fourth-order valence-corrected chi connectivity index (χ4v) is 7.86. The van der Waals surface area contributed by atoms with E-state index in [1.807, 2.05) is 0 Å². The molecular weight excluding hydrogens is 721 g/mol. The lowest BCUT2D eigenvalue weighted by atomic mass is 10.0. The third-order valence-electron chi connectivity index (χ3n) is 11.8. The Morgan fingerprint density at radius 3 is 0.845 bits per heavy atom. The Kier molecular flexibility index (Phi) is 45.2. The van der Waals surface area contributed by atoms with E-state index in [1.54, 1.807) is 0 Å². The monoisotopic (exact) mass is 821 g/mol. The minimum atomic E-state index is -0.760. The fraction of sp³-hybridized carbons (Fsp3) is 0.942. The van der Waals surface area contributed by atoms with E-state index in [0.717, 1.165) is 63.7 Å². The van der Waals surface area contributed by atoms with E-state index >= 15 is 0 Å². The van der Waals surface area contributed by atoms with Gasteiger partial charge in [0.15, 0.2) is 6.10 Å². The summed E-state index contributed by atoms with van der Waals surface area (Å²) in [4.78, 5) is 37.8. The first-order valence-corrected chi connectivity index (χ1v) is 25.9. The van der Waals surface area contributed by atoms with Gasteiger partial charge in [0.25, 0.3) is 0 Å². The molecule has 6 nitrogen and oxygen atoms in total. The molecule has 1 atom stereocenters. The molecule has 0 fully saturated rings. The Bertz CT molecular complexity index is 872. The molecule has 0 aromatic heterocycles. The molecule has 0 saturated carbocycles. The Morgan fingerprint density at radius 2 is 0.569 bits per heavy atom. The first-order valence-electron chi connectivity index (χ1n) is 25.9. The molecule has 0 rings (SSSR count). The summed E-state index contributed by atoms with van der Waals surface area (Å²) in [5.41, 5.74) is 0. The molecule has 0 unspecified atom stereocenters. The highest BCUT2D eigenvalue weighted by atomic mass is 16.6. The van der Waals surface area contributed by atoms with Gasteiger partial charge in [-0.2, -0.15) is 0 Å². The van der Waals surface area contributed by atoms with Crippen molar-refractivity contribution in [3.63, 3.8) is 0 Å². The van der Waals surface area contributed by atoms with Gasteiger partial charge < -0.3 is 14.2 Å². The topological polar surface area (TPSA) is 78.9 Å². The predicted molar refractivity (Wildman–Crippen MR) is 247 cm³/mol. The number of carbonyl (C=O) groups excluding carboxylic acids is 3. The average Bonchev–Trinajstić information content (AvgIpc) is 3.21. The molecule has 0 spiro atoms. The molecule has 0 amide bonds. The van der Waals surface area contributed by atoms with Crippen LogP contribution in [0, 0.1) is 5.92 Å². The van der Waals surface area contributed by atoms with Crippen molar-refractivity contribution >= 4 is 17.9 Å². The minimum absolute atomic E-state index is 0.0630. The number of rotatable bonds is 47. The molecule has 344 valence electrons.